The average Bonchev–Trinajstić information content (AvgIpc) is 2.45. The van der Waals surface area contributed by atoms with Gasteiger partial charge in [0.1, 0.15) is 0 Å². The van der Waals surface area contributed by atoms with E-state index in [-0.39, 0.29) is 5.92 Å². The van der Waals surface area contributed by atoms with Crippen LogP contribution < -0.4 is 0 Å². The van der Waals surface area contributed by atoms with Crippen LogP contribution in [0, 0.1) is 5.92 Å². The molecule has 1 N–H and O–H groups in total. The number of hydrogen-bond acceptors (Lipinski definition) is 2. The molecule has 0 bridgehead atoms. The quantitative estimate of drug-likeness (QED) is 0.680. The molecule has 2 atom stereocenters. The lowest BCUT2D eigenvalue weighted by Gasteiger charge is -2.24. The Labute approximate surface area is 134 Å². The zero-order valence-corrected chi connectivity index (χ0v) is 14.2. The molecule has 3 heteroatoms. The third kappa shape index (κ3) is 7.12. The summed E-state index contributed by atoms with van der Waals surface area (Å²) in [5.41, 5.74) is 0.954. The Balaban J connectivity index is 2.66. The summed E-state index contributed by atoms with van der Waals surface area (Å²) < 4.78 is 0. The van der Waals surface area contributed by atoms with Gasteiger partial charge in [0.2, 0.25) is 0 Å². The standard InChI is InChI=1S/C18H28ClNO/c1-4-5-6-10-16(14-20(2)3)18(21)13-12-15-9-7-8-11-17(15)19/h7-9,11-13,16,18,21H,4-6,10,14H2,1-3H3/b13-12+/t16-,18-/m1/s1. The minimum absolute atomic E-state index is 0.269. The van der Waals surface area contributed by atoms with Crippen LogP contribution in [0.2, 0.25) is 5.02 Å². The Morgan fingerprint density at radius 2 is 1.95 bits per heavy atom. The first kappa shape index (κ1) is 18.2. The summed E-state index contributed by atoms with van der Waals surface area (Å²) in [5.74, 6) is 0.269. The Bertz CT molecular complexity index is 431. The average molecular weight is 310 g/mol. The molecule has 118 valence electrons. The predicted octanol–water partition coefficient (Wildman–Crippen LogP) is 4.47. The molecule has 0 aromatic heterocycles. The summed E-state index contributed by atoms with van der Waals surface area (Å²) in [6, 6.07) is 7.70. The van der Waals surface area contributed by atoms with Crippen molar-refractivity contribution in [3.05, 3.63) is 40.9 Å². The molecule has 0 fully saturated rings. The van der Waals surface area contributed by atoms with Crippen molar-refractivity contribution < 1.29 is 5.11 Å². The first-order valence-corrected chi connectivity index (χ1v) is 8.18. The first-order valence-electron chi connectivity index (χ1n) is 7.80. The number of unbranched alkanes of at least 4 members (excludes halogenated alkanes) is 2. The maximum absolute atomic E-state index is 10.5. The van der Waals surface area contributed by atoms with Crippen LogP contribution in [0.5, 0.6) is 0 Å². The van der Waals surface area contributed by atoms with Crippen LogP contribution in [0.1, 0.15) is 38.2 Å². The molecule has 0 unspecified atom stereocenters. The van der Waals surface area contributed by atoms with E-state index in [0.29, 0.717) is 0 Å². The van der Waals surface area contributed by atoms with Crippen molar-refractivity contribution in [3.8, 4) is 0 Å². The van der Waals surface area contributed by atoms with E-state index in [1.165, 1.54) is 19.3 Å². The summed E-state index contributed by atoms with van der Waals surface area (Å²) in [7, 11) is 4.11. The molecule has 0 radical (unpaired) electrons. The van der Waals surface area contributed by atoms with Gasteiger partial charge in [0.15, 0.2) is 0 Å². The summed E-state index contributed by atoms with van der Waals surface area (Å²) in [6.07, 6.45) is 8.04. The van der Waals surface area contributed by atoms with Gasteiger partial charge in [-0.25, -0.2) is 0 Å². The SMILES string of the molecule is CCCCC[C@H](CN(C)C)[C@H](O)/C=C/c1ccccc1Cl. The lowest BCUT2D eigenvalue weighted by Crippen LogP contribution is -2.30. The summed E-state index contributed by atoms with van der Waals surface area (Å²) in [5, 5.41) is 11.2. The van der Waals surface area contributed by atoms with E-state index >= 15 is 0 Å². The molecule has 0 heterocycles. The second-order valence-corrected chi connectivity index (χ2v) is 6.30. The Kier molecular flexibility index (Phi) is 8.67. The molecule has 0 amide bonds. The van der Waals surface area contributed by atoms with Crippen molar-refractivity contribution >= 4 is 17.7 Å². The highest BCUT2D eigenvalue weighted by atomic mass is 35.5. The maximum Gasteiger partial charge on any atom is 0.0764 e. The molecule has 0 spiro atoms. The zero-order chi connectivity index (χ0) is 15.7. The molecule has 0 saturated carbocycles. The Morgan fingerprint density at radius 1 is 1.24 bits per heavy atom. The van der Waals surface area contributed by atoms with Crippen molar-refractivity contribution in [1.29, 1.82) is 0 Å². The highest BCUT2D eigenvalue weighted by Crippen LogP contribution is 2.20. The fourth-order valence-corrected chi connectivity index (χ4v) is 2.66. The number of rotatable bonds is 9. The van der Waals surface area contributed by atoms with Gasteiger partial charge < -0.3 is 10.0 Å². The van der Waals surface area contributed by atoms with Gasteiger partial charge in [0.05, 0.1) is 6.10 Å². The number of aliphatic hydroxyl groups is 1. The van der Waals surface area contributed by atoms with Gasteiger partial charge in [-0.3, -0.25) is 0 Å². The van der Waals surface area contributed by atoms with Crippen molar-refractivity contribution in [2.45, 2.75) is 38.7 Å². The molecule has 0 aliphatic carbocycles. The fraction of sp³-hybridized carbons (Fsp3) is 0.556. The molecule has 1 rings (SSSR count). The minimum Gasteiger partial charge on any atom is -0.389 e. The summed E-state index contributed by atoms with van der Waals surface area (Å²) >= 11 is 6.13. The number of benzene rings is 1. The molecule has 21 heavy (non-hydrogen) atoms. The first-order chi connectivity index (χ1) is 10.0. The highest BCUT2D eigenvalue weighted by molar-refractivity contribution is 6.32. The second-order valence-electron chi connectivity index (χ2n) is 5.89. The van der Waals surface area contributed by atoms with E-state index in [1.807, 2.05) is 36.4 Å². The lowest BCUT2D eigenvalue weighted by atomic mass is 9.94. The van der Waals surface area contributed by atoms with E-state index in [1.54, 1.807) is 0 Å². The van der Waals surface area contributed by atoms with Crippen LogP contribution in [-0.2, 0) is 0 Å². The monoisotopic (exact) mass is 309 g/mol. The van der Waals surface area contributed by atoms with Crippen LogP contribution in [0.25, 0.3) is 6.08 Å². The highest BCUT2D eigenvalue weighted by Gasteiger charge is 2.17. The minimum atomic E-state index is -0.430. The number of aliphatic hydroxyl groups excluding tert-OH is 1. The van der Waals surface area contributed by atoms with E-state index < -0.39 is 6.10 Å². The maximum atomic E-state index is 10.5. The molecule has 1 aromatic carbocycles. The Hall–Kier alpha value is -0.830. The summed E-state index contributed by atoms with van der Waals surface area (Å²) in [4.78, 5) is 2.14. The normalized spacial score (nSPS) is 14.8. The predicted molar refractivity (Wildman–Crippen MR) is 92.7 cm³/mol. The van der Waals surface area contributed by atoms with E-state index in [4.69, 9.17) is 11.6 Å². The largest absolute Gasteiger partial charge is 0.389 e. The molecule has 1 aromatic rings. The molecule has 0 aliphatic heterocycles. The van der Waals surface area contributed by atoms with Crippen LogP contribution in [0.3, 0.4) is 0 Å². The molecule has 2 nitrogen and oxygen atoms in total. The molecule has 0 aliphatic rings. The number of halogens is 1. The molecule has 0 saturated heterocycles. The smallest absolute Gasteiger partial charge is 0.0764 e. The summed E-state index contributed by atoms with van der Waals surface area (Å²) in [6.45, 7) is 3.10. The number of nitrogens with zero attached hydrogens (tertiary/aromatic N) is 1. The number of hydrogen-bond donors (Lipinski definition) is 1. The van der Waals surface area contributed by atoms with Crippen LogP contribution in [0.15, 0.2) is 30.3 Å². The van der Waals surface area contributed by atoms with Crippen molar-refractivity contribution in [2.75, 3.05) is 20.6 Å². The van der Waals surface area contributed by atoms with Crippen LogP contribution >= 0.6 is 11.6 Å². The van der Waals surface area contributed by atoms with Gasteiger partial charge in [-0.2, -0.15) is 0 Å². The fourth-order valence-electron chi connectivity index (χ4n) is 2.47. The third-order valence-electron chi connectivity index (χ3n) is 3.64. The Morgan fingerprint density at radius 3 is 2.57 bits per heavy atom. The van der Waals surface area contributed by atoms with E-state index in [9.17, 15) is 5.11 Å². The van der Waals surface area contributed by atoms with E-state index in [2.05, 4.69) is 25.9 Å². The van der Waals surface area contributed by atoms with Gasteiger partial charge in [0, 0.05) is 17.5 Å². The van der Waals surface area contributed by atoms with Gasteiger partial charge in [0.25, 0.3) is 0 Å². The van der Waals surface area contributed by atoms with Gasteiger partial charge in [-0.1, -0.05) is 68.1 Å². The lowest BCUT2D eigenvalue weighted by molar-refractivity contribution is 0.122. The third-order valence-corrected chi connectivity index (χ3v) is 3.98. The molecular formula is C18H28ClNO. The van der Waals surface area contributed by atoms with Crippen molar-refractivity contribution in [2.24, 2.45) is 5.92 Å². The van der Waals surface area contributed by atoms with Crippen molar-refractivity contribution in [3.63, 3.8) is 0 Å². The van der Waals surface area contributed by atoms with Crippen molar-refractivity contribution in [1.82, 2.24) is 4.90 Å². The molecular weight excluding hydrogens is 282 g/mol. The van der Waals surface area contributed by atoms with Gasteiger partial charge in [-0.15, -0.1) is 0 Å². The second kappa shape index (κ2) is 9.99. The van der Waals surface area contributed by atoms with Crippen LogP contribution in [0.4, 0.5) is 0 Å². The van der Waals surface area contributed by atoms with Gasteiger partial charge >= 0.3 is 0 Å². The zero-order valence-electron chi connectivity index (χ0n) is 13.4. The van der Waals surface area contributed by atoms with Gasteiger partial charge in [-0.05, 0) is 32.1 Å². The van der Waals surface area contributed by atoms with E-state index in [0.717, 1.165) is 23.6 Å². The van der Waals surface area contributed by atoms with Crippen LogP contribution in [-0.4, -0.2) is 36.8 Å². The topological polar surface area (TPSA) is 23.5 Å².